The Balaban J connectivity index is 2.17. The summed E-state index contributed by atoms with van der Waals surface area (Å²) in [5, 5.41) is 13.0. The minimum Gasteiger partial charge on any atom is -0.480 e. The number of hydrogen-bond acceptors (Lipinski definition) is 3. The molecule has 6 heteroatoms. The van der Waals surface area contributed by atoms with Crippen LogP contribution < -0.4 is 5.32 Å². The van der Waals surface area contributed by atoms with Gasteiger partial charge in [-0.15, -0.1) is 0 Å². The lowest BCUT2D eigenvalue weighted by molar-refractivity contribution is -0.149. The first-order chi connectivity index (χ1) is 8.49. The highest BCUT2D eigenvalue weighted by Gasteiger charge is 2.33. The van der Waals surface area contributed by atoms with E-state index in [1.165, 1.54) is 0 Å². The van der Waals surface area contributed by atoms with Gasteiger partial charge in [-0.25, -0.2) is 0 Å². The quantitative estimate of drug-likeness (QED) is 0.878. The Morgan fingerprint density at radius 2 is 2.22 bits per heavy atom. The number of carboxylic acid groups (broad SMARTS) is 1. The first-order valence-corrected chi connectivity index (χ1v) is 6.31. The number of carbonyl (C=O) groups is 1. The van der Waals surface area contributed by atoms with Crippen molar-refractivity contribution in [1.29, 1.82) is 0 Å². The van der Waals surface area contributed by atoms with Crippen LogP contribution >= 0.6 is 23.2 Å². The van der Waals surface area contributed by atoms with Crippen molar-refractivity contribution in [1.82, 2.24) is 5.32 Å². The SMILES string of the molecule is CC1OC(c2cc(Cl)ccc2Cl)CNC1C(=O)O. The van der Waals surface area contributed by atoms with Gasteiger partial charge in [0.15, 0.2) is 0 Å². The molecule has 0 saturated carbocycles. The summed E-state index contributed by atoms with van der Waals surface area (Å²) in [5.74, 6) is -0.918. The van der Waals surface area contributed by atoms with Gasteiger partial charge in [-0.2, -0.15) is 0 Å². The Hall–Kier alpha value is -0.810. The second-order valence-corrected chi connectivity index (χ2v) is 5.06. The van der Waals surface area contributed by atoms with Gasteiger partial charge in [0.1, 0.15) is 6.04 Å². The molecule has 4 nitrogen and oxygen atoms in total. The van der Waals surface area contributed by atoms with Gasteiger partial charge in [-0.1, -0.05) is 23.2 Å². The fourth-order valence-electron chi connectivity index (χ4n) is 2.02. The molecule has 0 radical (unpaired) electrons. The molecule has 3 atom stereocenters. The van der Waals surface area contributed by atoms with Gasteiger partial charge in [-0.3, -0.25) is 10.1 Å². The molecule has 2 N–H and O–H groups in total. The third kappa shape index (κ3) is 2.78. The zero-order chi connectivity index (χ0) is 13.3. The molecule has 0 spiro atoms. The topological polar surface area (TPSA) is 58.6 Å². The van der Waals surface area contributed by atoms with E-state index in [1.54, 1.807) is 25.1 Å². The number of hydrogen-bond donors (Lipinski definition) is 2. The van der Waals surface area contributed by atoms with Crippen LogP contribution in [0.5, 0.6) is 0 Å². The monoisotopic (exact) mass is 289 g/mol. The smallest absolute Gasteiger partial charge is 0.323 e. The van der Waals surface area contributed by atoms with E-state index >= 15 is 0 Å². The molecule has 0 bridgehead atoms. The molecule has 1 aliphatic heterocycles. The van der Waals surface area contributed by atoms with Crippen molar-refractivity contribution < 1.29 is 14.6 Å². The number of ether oxygens (including phenoxy) is 1. The summed E-state index contributed by atoms with van der Waals surface area (Å²) in [6, 6.07) is 4.45. The molecule has 98 valence electrons. The predicted octanol–water partition coefficient (Wildman–Crippen LogP) is 2.50. The van der Waals surface area contributed by atoms with E-state index in [2.05, 4.69) is 5.32 Å². The van der Waals surface area contributed by atoms with E-state index in [-0.39, 0.29) is 6.10 Å². The Morgan fingerprint density at radius 1 is 1.50 bits per heavy atom. The molecule has 0 aliphatic carbocycles. The zero-order valence-corrected chi connectivity index (χ0v) is 11.2. The van der Waals surface area contributed by atoms with Crippen LogP contribution in [0.3, 0.4) is 0 Å². The highest BCUT2D eigenvalue weighted by molar-refractivity contribution is 6.33. The van der Waals surface area contributed by atoms with Crippen LogP contribution in [-0.2, 0) is 9.53 Å². The van der Waals surface area contributed by atoms with Gasteiger partial charge in [0.2, 0.25) is 0 Å². The summed E-state index contributed by atoms with van der Waals surface area (Å²) < 4.78 is 5.70. The molecule has 1 heterocycles. The summed E-state index contributed by atoms with van der Waals surface area (Å²) in [4.78, 5) is 10.9. The highest BCUT2D eigenvalue weighted by atomic mass is 35.5. The van der Waals surface area contributed by atoms with Crippen LogP contribution in [0, 0.1) is 0 Å². The number of benzene rings is 1. The Labute approximate surface area is 115 Å². The van der Waals surface area contributed by atoms with E-state index < -0.39 is 18.1 Å². The van der Waals surface area contributed by atoms with Crippen molar-refractivity contribution in [2.45, 2.75) is 25.2 Å². The molecule has 1 saturated heterocycles. The molecular formula is C12H13Cl2NO3. The predicted molar refractivity (Wildman–Crippen MR) is 69.2 cm³/mol. The van der Waals surface area contributed by atoms with Gasteiger partial charge in [0.25, 0.3) is 0 Å². The molecule has 1 aromatic rings. The summed E-state index contributed by atoms with van der Waals surface area (Å²) >= 11 is 12.0. The lowest BCUT2D eigenvalue weighted by Crippen LogP contribution is -2.52. The van der Waals surface area contributed by atoms with Crippen LogP contribution in [0.1, 0.15) is 18.6 Å². The van der Waals surface area contributed by atoms with Gasteiger partial charge in [0, 0.05) is 22.2 Å². The van der Waals surface area contributed by atoms with E-state index in [0.717, 1.165) is 5.56 Å². The van der Waals surface area contributed by atoms with Gasteiger partial charge < -0.3 is 9.84 Å². The molecular weight excluding hydrogens is 277 g/mol. The first-order valence-electron chi connectivity index (χ1n) is 5.55. The summed E-state index contributed by atoms with van der Waals surface area (Å²) in [5.41, 5.74) is 0.771. The minimum atomic E-state index is -0.918. The summed E-state index contributed by atoms with van der Waals surface area (Å²) in [6.07, 6.45) is -0.724. The number of aliphatic carboxylic acids is 1. The second-order valence-electron chi connectivity index (χ2n) is 4.22. The maximum Gasteiger partial charge on any atom is 0.323 e. The molecule has 0 aromatic heterocycles. The second kappa shape index (κ2) is 5.45. The van der Waals surface area contributed by atoms with Crippen LogP contribution in [0.2, 0.25) is 10.0 Å². The number of morpholine rings is 1. The lowest BCUT2D eigenvalue weighted by atomic mass is 10.0. The molecule has 2 rings (SSSR count). The highest BCUT2D eigenvalue weighted by Crippen LogP contribution is 2.31. The van der Waals surface area contributed by atoms with Crippen molar-refractivity contribution in [2.75, 3.05) is 6.54 Å². The third-order valence-electron chi connectivity index (χ3n) is 2.94. The Kier molecular flexibility index (Phi) is 4.12. The van der Waals surface area contributed by atoms with E-state index in [4.69, 9.17) is 33.0 Å². The first kappa shape index (κ1) is 13.6. The van der Waals surface area contributed by atoms with Crippen molar-refractivity contribution in [3.63, 3.8) is 0 Å². The lowest BCUT2D eigenvalue weighted by Gasteiger charge is -2.34. The molecule has 1 aromatic carbocycles. The van der Waals surface area contributed by atoms with E-state index in [0.29, 0.717) is 16.6 Å². The fraction of sp³-hybridized carbons (Fsp3) is 0.417. The summed E-state index contributed by atoms with van der Waals surface area (Å²) in [7, 11) is 0. The van der Waals surface area contributed by atoms with Gasteiger partial charge in [-0.05, 0) is 25.1 Å². The Morgan fingerprint density at radius 3 is 2.83 bits per heavy atom. The molecule has 1 aliphatic rings. The largest absolute Gasteiger partial charge is 0.480 e. The van der Waals surface area contributed by atoms with Crippen LogP contribution in [0.15, 0.2) is 18.2 Å². The van der Waals surface area contributed by atoms with Crippen molar-refractivity contribution >= 4 is 29.2 Å². The zero-order valence-electron chi connectivity index (χ0n) is 9.69. The third-order valence-corrected chi connectivity index (χ3v) is 3.52. The van der Waals surface area contributed by atoms with Crippen LogP contribution in [0.25, 0.3) is 0 Å². The number of carboxylic acids is 1. The van der Waals surface area contributed by atoms with Crippen molar-refractivity contribution in [3.05, 3.63) is 33.8 Å². The molecule has 1 fully saturated rings. The average Bonchev–Trinajstić information content (AvgIpc) is 2.31. The van der Waals surface area contributed by atoms with Gasteiger partial charge >= 0.3 is 5.97 Å². The van der Waals surface area contributed by atoms with Gasteiger partial charge in [0.05, 0.1) is 12.2 Å². The minimum absolute atomic E-state index is 0.290. The standard InChI is InChI=1S/C12H13Cl2NO3/c1-6-11(12(16)17)15-5-10(18-6)8-4-7(13)2-3-9(8)14/h2-4,6,10-11,15H,5H2,1H3,(H,16,17). The molecule has 3 unspecified atom stereocenters. The van der Waals surface area contributed by atoms with E-state index in [1.807, 2.05) is 0 Å². The van der Waals surface area contributed by atoms with Crippen LogP contribution in [-0.4, -0.2) is 29.8 Å². The fourth-order valence-corrected chi connectivity index (χ4v) is 2.44. The molecule has 0 amide bonds. The van der Waals surface area contributed by atoms with Crippen molar-refractivity contribution in [2.24, 2.45) is 0 Å². The maximum atomic E-state index is 10.9. The van der Waals surface area contributed by atoms with E-state index in [9.17, 15) is 4.79 Å². The number of halogens is 2. The van der Waals surface area contributed by atoms with Crippen molar-refractivity contribution in [3.8, 4) is 0 Å². The number of rotatable bonds is 2. The maximum absolute atomic E-state index is 10.9. The Bertz CT molecular complexity index is 467. The molecule has 18 heavy (non-hydrogen) atoms. The normalized spacial score (nSPS) is 28.1. The summed E-state index contributed by atoms with van der Waals surface area (Å²) in [6.45, 7) is 2.11. The van der Waals surface area contributed by atoms with Crippen LogP contribution in [0.4, 0.5) is 0 Å². The average molecular weight is 290 g/mol. The number of nitrogens with one attached hydrogen (secondary N) is 1.